The summed E-state index contributed by atoms with van der Waals surface area (Å²) in [6, 6.07) is 0. The molecule has 0 saturated carbocycles. The number of halogens is 4. The van der Waals surface area contributed by atoms with Crippen LogP contribution < -0.4 is 5.73 Å². The van der Waals surface area contributed by atoms with E-state index in [9.17, 15) is 18.0 Å². The lowest BCUT2D eigenvalue weighted by atomic mass is 10.3. The molecule has 2 N–H and O–H groups in total. The molecule has 1 aromatic heterocycles. The summed E-state index contributed by atoms with van der Waals surface area (Å²) < 4.78 is 35.0. The number of nitrogens with two attached hydrogens (primary N) is 1. The zero-order chi connectivity index (χ0) is 12.3. The van der Waals surface area contributed by atoms with E-state index in [1.807, 2.05) is 0 Å². The number of oxime groups is 1. The van der Waals surface area contributed by atoms with Crippen LogP contribution in [-0.2, 0) is 9.63 Å². The van der Waals surface area contributed by atoms with E-state index < -0.39 is 17.3 Å². The van der Waals surface area contributed by atoms with Gasteiger partial charge < -0.3 is 5.73 Å². The molecule has 0 aromatic carbocycles. The van der Waals surface area contributed by atoms with Crippen molar-refractivity contribution in [2.24, 2.45) is 5.16 Å². The first kappa shape index (κ1) is 12.7. The highest BCUT2D eigenvalue weighted by Crippen LogP contribution is 2.18. The van der Waals surface area contributed by atoms with E-state index >= 15 is 0 Å². The van der Waals surface area contributed by atoms with Gasteiger partial charge in [-0.3, -0.25) is 9.63 Å². The highest BCUT2D eigenvalue weighted by molar-refractivity contribution is 7.13. The Morgan fingerprint density at radius 1 is 1.62 bits per heavy atom. The van der Waals surface area contributed by atoms with E-state index in [2.05, 4.69) is 15.0 Å². The molecule has 1 aromatic rings. The van der Waals surface area contributed by atoms with E-state index in [1.165, 1.54) is 5.38 Å². The van der Waals surface area contributed by atoms with Gasteiger partial charge in [-0.1, -0.05) is 5.16 Å². The van der Waals surface area contributed by atoms with Crippen LogP contribution >= 0.6 is 22.9 Å². The van der Waals surface area contributed by atoms with Crippen LogP contribution in [0.4, 0.5) is 18.3 Å². The summed E-state index contributed by atoms with van der Waals surface area (Å²) in [5.74, 6) is 0. The number of carbonyl (C=O) groups excluding carboxylic acids is 1. The van der Waals surface area contributed by atoms with Gasteiger partial charge in [-0.05, 0) is 11.6 Å². The van der Waals surface area contributed by atoms with Crippen LogP contribution in [0.3, 0.4) is 0 Å². The predicted molar refractivity (Wildman–Crippen MR) is 51.1 cm³/mol. The Bertz CT molecular complexity index is 431. The summed E-state index contributed by atoms with van der Waals surface area (Å²) >= 11 is 5.94. The van der Waals surface area contributed by atoms with Crippen molar-refractivity contribution in [3.63, 3.8) is 0 Å². The minimum atomic E-state index is -5.00. The second-order valence-corrected chi connectivity index (χ2v) is 3.55. The zero-order valence-corrected chi connectivity index (χ0v) is 8.86. The van der Waals surface area contributed by atoms with Crippen molar-refractivity contribution >= 4 is 39.0 Å². The first-order valence-electron chi connectivity index (χ1n) is 3.53. The van der Waals surface area contributed by atoms with Crippen LogP contribution in [0.1, 0.15) is 5.69 Å². The third-order valence-corrected chi connectivity index (χ3v) is 2.04. The molecule has 1 rings (SSSR count). The molecule has 88 valence electrons. The van der Waals surface area contributed by atoms with E-state index in [0.717, 1.165) is 11.3 Å². The maximum atomic E-state index is 11.7. The average molecular weight is 274 g/mol. The number of aromatic nitrogens is 1. The molecule has 0 bridgehead atoms. The molecule has 0 unspecified atom stereocenters. The second kappa shape index (κ2) is 4.66. The number of nitrogens with zero attached hydrogens (tertiary/aromatic N) is 2. The second-order valence-electron chi connectivity index (χ2n) is 2.32. The molecule has 0 spiro atoms. The third kappa shape index (κ3) is 3.66. The summed E-state index contributed by atoms with van der Waals surface area (Å²) in [5.41, 5.74) is 4.30. The third-order valence-electron chi connectivity index (χ3n) is 1.19. The van der Waals surface area contributed by atoms with E-state index in [1.54, 1.807) is 0 Å². The summed E-state index contributed by atoms with van der Waals surface area (Å²) in [4.78, 5) is 17.5. The van der Waals surface area contributed by atoms with Crippen LogP contribution in [0.15, 0.2) is 10.5 Å². The topological polar surface area (TPSA) is 77.6 Å². The molecule has 0 atom stereocenters. The molecule has 0 saturated heterocycles. The van der Waals surface area contributed by atoms with Crippen LogP contribution in [-0.4, -0.2) is 22.3 Å². The van der Waals surface area contributed by atoms with E-state index in [0.29, 0.717) is 0 Å². The quantitative estimate of drug-likeness (QED) is 0.517. The smallest absolute Gasteiger partial charge is 0.375 e. The van der Waals surface area contributed by atoms with Crippen LogP contribution in [0, 0.1) is 0 Å². The monoisotopic (exact) mass is 273 g/mol. The number of hydrogen-bond acceptors (Lipinski definition) is 6. The van der Waals surface area contributed by atoms with Gasteiger partial charge in [0.25, 0.3) is 5.24 Å². The van der Waals surface area contributed by atoms with Gasteiger partial charge in [0.1, 0.15) is 5.69 Å². The first-order chi connectivity index (χ1) is 7.29. The van der Waals surface area contributed by atoms with Crippen molar-refractivity contribution in [2.45, 2.75) is 6.36 Å². The normalized spacial score (nSPS) is 12.6. The van der Waals surface area contributed by atoms with Gasteiger partial charge in [0.2, 0.25) is 0 Å². The van der Waals surface area contributed by atoms with E-state index in [-0.39, 0.29) is 10.8 Å². The highest BCUT2D eigenvalue weighted by atomic mass is 35.5. The van der Waals surface area contributed by atoms with Gasteiger partial charge in [-0.25, -0.2) is 4.98 Å². The van der Waals surface area contributed by atoms with Crippen LogP contribution in [0.2, 0.25) is 0 Å². The van der Waals surface area contributed by atoms with Crippen molar-refractivity contribution in [1.29, 1.82) is 0 Å². The molecule has 0 fully saturated rings. The molecule has 0 aliphatic rings. The largest absolute Gasteiger partial charge is 0.593 e. The maximum Gasteiger partial charge on any atom is 0.593 e. The molecule has 0 amide bonds. The molecular weight excluding hydrogens is 271 g/mol. The summed E-state index contributed by atoms with van der Waals surface area (Å²) in [7, 11) is 0. The van der Waals surface area contributed by atoms with Crippen molar-refractivity contribution < 1.29 is 22.8 Å². The Labute approximate surface area is 95.7 Å². The Hall–Kier alpha value is -1.35. The van der Waals surface area contributed by atoms with Gasteiger partial charge >= 0.3 is 6.36 Å². The average Bonchev–Trinajstić information content (AvgIpc) is 2.49. The fourth-order valence-corrected chi connectivity index (χ4v) is 1.36. The summed E-state index contributed by atoms with van der Waals surface area (Å²) in [6.45, 7) is 0. The van der Waals surface area contributed by atoms with Gasteiger partial charge in [0, 0.05) is 5.38 Å². The lowest BCUT2D eigenvalue weighted by molar-refractivity contribution is -0.325. The standard InChI is InChI=1S/C6H3ClF3N3O2S/c7-4(14)3(13-15-6(8,9)10)2-1-16-5(11)12-2/h1H,(H2,11,12)/b13-3+. The first-order valence-corrected chi connectivity index (χ1v) is 4.79. The summed E-state index contributed by atoms with van der Waals surface area (Å²) in [6.07, 6.45) is -5.00. The fourth-order valence-electron chi connectivity index (χ4n) is 0.677. The number of hydrogen-bond donors (Lipinski definition) is 1. The Morgan fingerprint density at radius 3 is 2.62 bits per heavy atom. The number of alkyl halides is 3. The Kier molecular flexibility index (Phi) is 3.70. The van der Waals surface area contributed by atoms with Crippen molar-refractivity contribution in [1.82, 2.24) is 4.98 Å². The van der Waals surface area contributed by atoms with Gasteiger partial charge in [-0.2, -0.15) is 0 Å². The van der Waals surface area contributed by atoms with Crippen molar-refractivity contribution in [3.8, 4) is 0 Å². The molecule has 0 aliphatic carbocycles. The zero-order valence-electron chi connectivity index (χ0n) is 7.29. The summed E-state index contributed by atoms with van der Waals surface area (Å²) in [5, 5.41) is 2.64. The fraction of sp³-hybridized carbons (Fsp3) is 0.167. The molecular formula is C6H3ClF3N3O2S. The van der Waals surface area contributed by atoms with Gasteiger partial charge in [-0.15, -0.1) is 24.5 Å². The lowest BCUT2D eigenvalue weighted by Gasteiger charge is -2.02. The van der Waals surface area contributed by atoms with Gasteiger partial charge in [0.05, 0.1) is 0 Å². The minimum absolute atomic E-state index is 0.0626. The highest BCUT2D eigenvalue weighted by Gasteiger charge is 2.32. The van der Waals surface area contributed by atoms with Gasteiger partial charge in [0.15, 0.2) is 10.8 Å². The lowest BCUT2D eigenvalue weighted by Crippen LogP contribution is -2.16. The van der Waals surface area contributed by atoms with Crippen LogP contribution in [0.5, 0.6) is 0 Å². The Morgan fingerprint density at radius 2 is 2.25 bits per heavy atom. The molecule has 1 heterocycles. The molecule has 16 heavy (non-hydrogen) atoms. The van der Waals surface area contributed by atoms with E-state index in [4.69, 9.17) is 17.3 Å². The number of carbonyl (C=O) groups is 1. The minimum Gasteiger partial charge on any atom is -0.375 e. The number of anilines is 1. The van der Waals surface area contributed by atoms with Crippen molar-refractivity contribution in [2.75, 3.05) is 5.73 Å². The number of nitrogen functional groups attached to an aromatic ring is 1. The van der Waals surface area contributed by atoms with Crippen molar-refractivity contribution in [3.05, 3.63) is 11.1 Å². The number of rotatable bonds is 3. The molecule has 0 radical (unpaired) electrons. The maximum absolute atomic E-state index is 11.7. The SMILES string of the molecule is Nc1nc(/C(=N\OC(F)(F)F)C(=O)Cl)cs1. The molecule has 5 nitrogen and oxygen atoms in total. The number of thiazole rings is 1. The molecule has 10 heteroatoms. The molecule has 0 aliphatic heterocycles. The Balaban J connectivity index is 2.96. The predicted octanol–water partition coefficient (Wildman–Crippen LogP) is 1.73. The van der Waals surface area contributed by atoms with Crippen LogP contribution in [0.25, 0.3) is 0 Å².